The molecule has 1 aromatic carbocycles. The van der Waals surface area contributed by atoms with E-state index in [0.29, 0.717) is 6.42 Å². The van der Waals surface area contributed by atoms with Gasteiger partial charge in [0.05, 0.1) is 22.5 Å². The smallest absolute Gasteiger partial charge is 0.309 e. The molecule has 0 radical (unpaired) electrons. The van der Waals surface area contributed by atoms with Crippen LogP contribution in [0.15, 0.2) is 24.4 Å². The summed E-state index contributed by atoms with van der Waals surface area (Å²) in [6, 6.07) is 4.70. The molecule has 1 amide bonds. The monoisotopic (exact) mass is 398 g/mol. The fraction of sp³-hybridized carbons (Fsp3) is 0.389. The zero-order valence-electron chi connectivity index (χ0n) is 14.6. The van der Waals surface area contributed by atoms with Crippen LogP contribution in [0.1, 0.15) is 50.2 Å². The Kier molecular flexibility index (Phi) is 6.86. The molecule has 0 saturated carbocycles. The molecule has 2 rings (SSSR count). The summed E-state index contributed by atoms with van der Waals surface area (Å²) < 4.78 is 39.6. The lowest BCUT2D eigenvalue weighted by Gasteiger charge is -2.13. The summed E-state index contributed by atoms with van der Waals surface area (Å²) in [6.07, 6.45) is 0.655. The summed E-state index contributed by atoms with van der Waals surface area (Å²) in [5.74, 6) is -0.216. The number of carbonyl (C=O) groups is 1. The van der Waals surface area contributed by atoms with E-state index in [-0.39, 0.29) is 34.4 Å². The van der Waals surface area contributed by atoms with E-state index in [9.17, 15) is 23.2 Å². The van der Waals surface area contributed by atoms with Crippen LogP contribution in [0.2, 0.25) is 5.02 Å². The van der Waals surface area contributed by atoms with Crippen LogP contribution < -0.4 is 5.32 Å². The second kappa shape index (κ2) is 8.91. The van der Waals surface area contributed by atoms with Gasteiger partial charge in [0.15, 0.2) is 5.82 Å². The summed E-state index contributed by atoms with van der Waals surface area (Å²) in [5, 5.41) is 15.6. The lowest BCUT2D eigenvalue weighted by atomic mass is 10.1. The number of anilines is 1. The Morgan fingerprint density at radius 3 is 2.67 bits per heavy atom. The molecule has 27 heavy (non-hydrogen) atoms. The van der Waals surface area contributed by atoms with E-state index in [4.69, 9.17) is 11.6 Å². The second-order valence-corrected chi connectivity index (χ2v) is 6.36. The van der Waals surface area contributed by atoms with Gasteiger partial charge in [-0.05, 0) is 24.6 Å². The number of halogens is 4. The molecule has 1 heterocycles. The first-order valence-electron chi connectivity index (χ1n) is 8.43. The molecule has 0 atom stereocenters. The molecule has 0 aliphatic heterocycles. The lowest BCUT2D eigenvalue weighted by molar-refractivity contribution is -0.137. The van der Waals surface area contributed by atoms with Crippen molar-refractivity contribution in [3.8, 4) is 11.8 Å². The lowest BCUT2D eigenvalue weighted by Crippen LogP contribution is -2.16. The van der Waals surface area contributed by atoms with Crippen LogP contribution in [-0.2, 0) is 11.0 Å². The minimum absolute atomic E-state index is 0.0830. The average Bonchev–Trinajstić information content (AvgIpc) is 3.00. The fourth-order valence-corrected chi connectivity index (χ4v) is 2.76. The molecule has 1 N–H and O–H groups in total. The van der Waals surface area contributed by atoms with Crippen molar-refractivity contribution in [1.82, 2.24) is 9.78 Å². The van der Waals surface area contributed by atoms with Crippen molar-refractivity contribution in [3.05, 3.63) is 40.5 Å². The minimum Gasteiger partial charge on any atom is -0.309 e. The Hall–Kier alpha value is -2.53. The third-order valence-corrected chi connectivity index (χ3v) is 4.21. The van der Waals surface area contributed by atoms with Gasteiger partial charge in [0.2, 0.25) is 5.91 Å². The first kappa shape index (κ1) is 20.8. The van der Waals surface area contributed by atoms with Gasteiger partial charge >= 0.3 is 6.18 Å². The summed E-state index contributed by atoms with van der Waals surface area (Å²) >= 11 is 5.99. The predicted octanol–water partition coefficient (Wildman–Crippen LogP) is 5.33. The first-order valence-corrected chi connectivity index (χ1v) is 8.80. The molecule has 0 unspecified atom stereocenters. The Bertz CT molecular complexity index is 855. The molecule has 0 spiro atoms. The summed E-state index contributed by atoms with van der Waals surface area (Å²) in [4.78, 5) is 12.2. The molecule has 1 aromatic heterocycles. The zero-order chi connectivity index (χ0) is 20.0. The van der Waals surface area contributed by atoms with E-state index in [0.717, 1.165) is 42.1 Å². The number of aromatic nitrogens is 2. The average molecular weight is 399 g/mol. The van der Waals surface area contributed by atoms with Crippen LogP contribution >= 0.6 is 11.6 Å². The maximum atomic E-state index is 12.8. The van der Waals surface area contributed by atoms with Crippen molar-refractivity contribution in [2.45, 2.75) is 45.2 Å². The van der Waals surface area contributed by atoms with Crippen LogP contribution in [0.3, 0.4) is 0 Å². The molecule has 0 aliphatic carbocycles. The molecular formula is C18H18ClF3N4O. The van der Waals surface area contributed by atoms with Crippen LogP contribution in [0.4, 0.5) is 19.0 Å². The maximum Gasteiger partial charge on any atom is 0.416 e. The topological polar surface area (TPSA) is 70.7 Å². The molecule has 144 valence electrons. The summed E-state index contributed by atoms with van der Waals surface area (Å²) in [6.45, 7) is 2.06. The molecular weight excluding hydrogens is 381 g/mol. The Balaban J connectivity index is 2.28. The number of rotatable bonds is 7. The van der Waals surface area contributed by atoms with Gasteiger partial charge < -0.3 is 5.32 Å². The normalized spacial score (nSPS) is 11.3. The third-order valence-electron chi connectivity index (χ3n) is 3.91. The van der Waals surface area contributed by atoms with E-state index in [1.54, 1.807) is 0 Å². The Morgan fingerprint density at radius 1 is 1.33 bits per heavy atom. The number of unbranched alkanes of at least 4 members (excludes halogenated alkanes) is 3. The van der Waals surface area contributed by atoms with Gasteiger partial charge in [0.1, 0.15) is 11.6 Å². The molecule has 2 aromatic rings. The Labute approximate surface area is 159 Å². The van der Waals surface area contributed by atoms with E-state index in [1.807, 2.05) is 6.07 Å². The maximum absolute atomic E-state index is 12.8. The molecule has 9 heteroatoms. The van der Waals surface area contributed by atoms with Crippen LogP contribution in [0.5, 0.6) is 0 Å². The van der Waals surface area contributed by atoms with Gasteiger partial charge in [-0.15, -0.1) is 0 Å². The third kappa shape index (κ3) is 5.23. The zero-order valence-corrected chi connectivity index (χ0v) is 15.4. The van der Waals surface area contributed by atoms with Crippen molar-refractivity contribution >= 4 is 23.3 Å². The van der Waals surface area contributed by atoms with Crippen LogP contribution in [-0.4, -0.2) is 15.7 Å². The van der Waals surface area contributed by atoms with Gasteiger partial charge in [-0.25, -0.2) is 4.68 Å². The fourth-order valence-electron chi connectivity index (χ4n) is 2.50. The largest absolute Gasteiger partial charge is 0.416 e. The van der Waals surface area contributed by atoms with Crippen molar-refractivity contribution in [1.29, 1.82) is 5.26 Å². The number of benzene rings is 1. The van der Waals surface area contributed by atoms with Crippen molar-refractivity contribution in [2.75, 3.05) is 5.32 Å². The highest BCUT2D eigenvalue weighted by atomic mass is 35.5. The second-order valence-electron chi connectivity index (χ2n) is 5.95. The predicted molar refractivity (Wildman–Crippen MR) is 95.7 cm³/mol. The Morgan fingerprint density at radius 2 is 2.07 bits per heavy atom. The quantitative estimate of drug-likeness (QED) is 0.641. The highest BCUT2D eigenvalue weighted by Crippen LogP contribution is 2.34. The van der Waals surface area contributed by atoms with E-state index in [1.165, 1.54) is 6.20 Å². The molecule has 0 aliphatic rings. The number of carbonyl (C=O) groups excluding carboxylic acids is 1. The van der Waals surface area contributed by atoms with Crippen molar-refractivity contribution < 1.29 is 18.0 Å². The number of nitriles is 1. The highest BCUT2D eigenvalue weighted by molar-refractivity contribution is 6.32. The standard InChI is InChI=1S/C18H18ClF3N4O/c1-2-3-4-5-6-16(27)25-17-12(10-23)11-24-26(17)15-8-7-13(9-14(15)19)18(20,21)22/h7-9,11H,2-6H2,1H3,(H,25,27). The number of alkyl halides is 3. The van der Waals surface area contributed by atoms with Gasteiger partial charge in [-0.3, -0.25) is 4.79 Å². The number of nitrogens with one attached hydrogen (secondary N) is 1. The van der Waals surface area contributed by atoms with Crippen LogP contribution in [0.25, 0.3) is 5.69 Å². The highest BCUT2D eigenvalue weighted by Gasteiger charge is 2.31. The number of hydrogen-bond acceptors (Lipinski definition) is 3. The van der Waals surface area contributed by atoms with E-state index >= 15 is 0 Å². The van der Waals surface area contributed by atoms with Crippen molar-refractivity contribution in [2.24, 2.45) is 0 Å². The molecule has 0 bridgehead atoms. The van der Waals surface area contributed by atoms with Gasteiger partial charge in [0.25, 0.3) is 0 Å². The van der Waals surface area contributed by atoms with Gasteiger partial charge in [0, 0.05) is 6.42 Å². The van der Waals surface area contributed by atoms with Crippen molar-refractivity contribution in [3.63, 3.8) is 0 Å². The summed E-state index contributed by atoms with van der Waals surface area (Å²) in [5.41, 5.74) is -0.675. The number of hydrogen-bond donors (Lipinski definition) is 1. The molecule has 5 nitrogen and oxygen atoms in total. The SMILES string of the molecule is CCCCCCC(=O)Nc1c(C#N)cnn1-c1ccc(C(F)(F)F)cc1Cl. The number of nitrogens with zero attached hydrogens (tertiary/aromatic N) is 3. The van der Waals surface area contributed by atoms with Crippen LogP contribution in [0, 0.1) is 11.3 Å². The van der Waals surface area contributed by atoms with E-state index < -0.39 is 11.7 Å². The van der Waals surface area contributed by atoms with E-state index in [2.05, 4.69) is 17.3 Å². The molecule has 0 fully saturated rings. The summed E-state index contributed by atoms with van der Waals surface area (Å²) in [7, 11) is 0. The molecule has 0 saturated heterocycles. The number of amides is 1. The first-order chi connectivity index (χ1) is 12.8. The van der Waals surface area contributed by atoms with Gasteiger partial charge in [-0.2, -0.15) is 23.5 Å². The minimum atomic E-state index is -4.53. The van der Waals surface area contributed by atoms with Gasteiger partial charge in [-0.1, -0.05) is 37.8 Å².